The third-order valence-electron chi connectivity index (χ3n) is 3.77. The van der Waals surface area contributed by atoms with Crippen molar-refractivity contribution < 1.29 is 30.4 Å². The molecule has 2 aromatic carbocycles. The highest BCUT2D eigenvalue weighted by molar-refractivity contribution is 7.90. The maximum absolute atomic E-state index is 14.5. The van der Waals surface area contributed by atoms with E-state index in [-0.39, 0.29) is 5.69 Å². The molecule has 0 amide bonds. The minimum atomic E-state index is -4.84. The summed E-state index contributed by atoms with van der Waals surface area (Å²) >= 11 is 5.76. The van der Waals surface area contributed by atoms with Crippen LogP contribution in [0.4, 0.5) is 22.0 Å². The minimum Gasteiger partial charge on any atom is -0.232 e. The number of rotatable bonds is 3. The summed E-state index contributed by atoms with van der Waals surface area (Å²) in [5.74, 6) is -2.51. The van der Waals surface area contributed by atoms with Crippen LogP contribution in [0.15, 0.2) is 47.4 Å². The van der Waals surface area contributed by atoms with Gasteiger partial charge in [0.15, 0.2) is 15.5 Å². The Kier molecular flexibility index (Phi) is 4.96. The topological polar surface area (TPSA) is 52.0 Å². The average molecular weight is 437 g/mol. The molecule has 4 nitrogen and oxygen atoms in total. The molecule has 0 saturated heterocycles. The Bertz CT molecular complexity index is 1160. The van der Waals surface area contributed by atoms with Crippen molar-refractivity contribution in [1.29, 1.82) is 0 Å². The predicted molar refractivity (Wildman–Crippen MR) is 92.0 cm³/mol. The van der Waals surface area contributed by atoms with Crippen molar-refractivity contribution in [2.45, 2.75) is 11.1 Å². The van der Waals surface area contributed by atoms with Crippen molar-refractivity contribution in [3.05, 3.63) is 64.8 Å². The Hall–Kier alpha value is -2.46. The van der Waals surface area contributed by atoms with E-state index in [1.165, 1.54) is 24.3 Å². The van der Waals surface area contributed by atoms with Crippen molar-refractivity contribution >= 4 is 21.4 Å². The van der Waals surface area contributed by atoms with E-state index < -0.39 is 49.5 Å². The molecule has 0 aliphatic carbocycles. The van der Waals surface area contributed by atoms with Crippen LogP contribution in [0.25, 0.3) is 16.9 Å². The molecule has 0 bridgehead atoms. The summed E-state index contributed by atoms with van der Waals surface area (Å²) in [5.41, 5.74) is -2.21. The number of aromatic nitrogens is 2. The van der Waals surface area contributed by atoms with Gasteiger partial charge in [0.2, 0.25) is 0 Å². The first-order valence-corrected chi connectivity index (χ1v) is 9.77. The van der Waals surface area contributed by atoms with Crippen molar-refractivity contribution in [2.75, 3.05) is 6.26 Å². The number of halogens is 6. The fourth-order valence-electron chi connectivity index (χ4n) is 2.50. The van der Waals surface area contributed by atoms with Gasteiger partial charge in [-0.25, -0.2) is 21.9 Å². The van der Waals surface area contributed by atoms with Crippen LogP contribution < -0.4 is 0 Å². The summed E-state index contributed by atoms with van der Waals surface area (Å²) in [5, 5.41) is 3.75. The van der Waals surface area contributed by atoms with Gasteiger partial charge in [-0.05, 0) is 42.5 Å². The van der Waals surface area contributed by atoms with E-state index in [1.54, 1.807) is 0 Å². The lowest BCUT2D eigenvalue weighted by Gasteiger charge is -2.10. The van der Waals surface area contributed by atoms with Crippen molar-refractivity contribution in [3.8, 4) is 16.9 Å². The van der Waals surface area contributed by atoms with Gasteiger partial charge in [0.1, 0.15) is 16.5 Å². The number of sulfone groups is 1. The van der Waals surface area contributed by atoms with Crippen LogP contribution in [-0.2, 0) is 16.0 Å². The lowest BCUT2D eigenvalue weighted by molar-refractivity contribution is -0.141. The van der Waals surface area contributed by atoms with Gasteiger partial charge in [-0.15, -0.1) is 0 Å². The van der Waals surface area contributed by atoms with E-state index in [2.05, 4.69) is 5.10 Å². The summed E-state index contributed by atoms with van der Waals surface area (Å²) in [4.78, 5) is -0.901. The van der Waals surface area contributed by atoms with Crippen LogP contribution in [-0.4, -0.2) is 24.5 Å². The van der Waals surface area contributed by atoms with Crippen LogP contribution in [0, 0.1) is 11.6 Å². The quantitative estimate of drug-likeness (QED) is 0.549. The molecule has 148 valence electrons. The van der Waals surface area contributed by atoms with Gasteiger partial charge in [-0.3, -0.25) is 0 Å². The molecule has 0 aliphatic heterocycles. The summed E-state index contributed by atoms with van der Waals surface area (Å²) in [7, 11) is -4.07. The molecule has 1 aromatic heterocycles. The predicted octanol–water partition coefficient (Wildman–Crippen LogP) is 4.89. The molecule has 0 aliphatic rings. The molecule has 28 heavy (non-hydrogen) atoms. The maximum atomic E-state index is 14.5. The normalized spacial score (nSPS) is 12.4. The van der Waals surface area contributed by atoms with Crippen molar-refractivity contribution in [3.63, 3.8) is 0 Å². The highest BCUT2D eigenvalue weighted by atomic mass is 35.5. The summed E-state index contributed by atoms with van der Waals surface area (Å²) in [6.45, 7) is 0. The standard InChI is InChI=1S/C17H10ClF5N2O2S/c1-28(26,27)15-7-12(19)11(6-13(15)20)14-8-16(17(21,22)23)24-25(14)10-4-2-9(18)3-5-10/h2-8H,1H3. The van der Waals surface area contributed by atoms with Crippen LogP contribution in [0.5, 0.6) is 0 Å². The summed E-state index contributed by atoms with van der Waals surface area (Å²) in [6.07, 6.45) is -4.15. The molecule has 0 spiro atoms. The SMILES string of the molecule is CS(=O)(=O)c1cc(F)c(-c2cc(C(F)(F)F)nn2-c2ccc(Cl)cc2)cc1F. The third kappa shape index (κ3) is 3.88. The van der Waals surface area contributed by atoms with Crippen LogP contribution in [0.1, 0.15) is 5.69 Å². The summed E-state index contributed by atoms with van der Waals surface area (Å²) in [6, 6.07) is 6.96. The van der Waals surface area contributed by atoms with Gasteiger partial charge >= 0.3 is 6.18 Å². The largest absolute Gasteiger partial charge is 0.435 e. The van der Waals surface area contributed by atoms with Crippen LogP contribution in [0.3, 0.4) is 0 Å². The molecule has 0 saturated carbocycles. The minimum absolute atomic E-state index is 0.113. The molecule has 0 unspecified atom stereocenters. The number of hydrogen-bond acceptors (Lipinski definition) is 3. The van der Waals surface area contributed by atoms with E-state index >= 15 is 0 Å². The molecule has 0 atom stereocenters. The van der Waals surface area contributed by atoms with Gasteiger partial charge in [-0.1, -0.05) is 11.6 Å². The first-order chi connectivity index (χ1) is 12.9. The van der Waals surface area contributed by atoms with E-state index in [0.717, 1.165) is 4.68 Å². The lowest BCUT2D eigenvalue weighted by atomic mass is 10.1. The maximum Gasteiger partial charge on any atom is 0.435 e. The average Bonchev–Trinajstić information content (AvgIpc) is 3.01. The zero-order valence-electron chi connectivity index (χ0n) is 13.9. The molecule has 11 heteroatoms. The second kappa shape index (κ2) is 6.85. The van der Waals surface area contributed by atoms with Gasteiger partial charge in [0, 0.05) is 16.8 Å². The molecule has 3 rings (SSSR count). The van der Waals surface area contributed by atoms with Gasteiger partial charge in [-0.2, -0.15) is 18.3 Å². The number of nitrogens with zero attached hydrogens (tertiary/aromatic N) is 2. The van der Waals surface area contributed by atoms with Crippen LogP contribution in [0.2, 0.25) is 5.02 Å². The number of alkyl halides is 3. The molecule has 1 heterocycles. The van der Waals surface area contributed by atoms with Crippen molar-refractivity contribution in [2.24, 2.45) is 0 Å². The van der Waals surface area contributed by atoms with Crippen molar-refractivity contribution in [1.82, 2.24) is 9.78 Å². The van der Waals surface area contributed by atoms with E-state index in [0.29, 0.717) is 29.5 Å². The Morgan fingerprint density at radius 1 is 1.00 bits per heavy atom. The molecule has 3 aromatic rings. The van der Waals surface area contributed by atoms with E-state index in [4.69, 9.17) is 11.6 Å². The molecular formula is C17H10ClF5N2O2S. The van der Waals surface area contributed by atoms with Gasteiger partial charge in [0.25, 0.3) is 0 Å². The van der Waals surface area contributed by atoms with E-state index in [1.807, 2.05) is 0 Å². The Labute approximate surface area is 161 Å². The first kappa shape index (κ1) is 20.3. The molecule has 0 N–H and O–H groups in total. The van der Waals surface area contributed by atoms with Crippen LogP contribution >= 0.6 is 11.6 Å². The smallest absolute Gasteiger partial charge is 0.232 e. The molecule has 0 radical (unpaired) electrons. The lowest BCUT2D eigenvalue weighted by Crippen LogP contribution is -2.07. The number of hydrogen-bond donors (Lipinski definition) is 0. The highest BCUT2D eigenvalue weighted by Crippen LogP contribution is 2.35. The number of benzene rings is 2. The molecular weight excluding hydrogens is 427 g/mol. The van der Waals surface area contributed by atoms with E-state index in [9.17, 15) is 30.4 Å². The molecule has 0 fully saturated rings. The zero-order valence-corrected chi connectivity index (χ0v) is 15.5. The Morgan fingerprint density at radius 2 is 1.61 bits per heavy atom. The second-order valence-corrected chi connectivity index (χ2v) is 8.26. The highest BCUT2D eigenvalue weighted by Gasteiger charge is 2.36. The monoisotopic (exact) mass is 436 g/mol. The fraction of sp³-hybridized carbons (Fsp3) is 0.118. The Morgan fingerprint density at radius 3 is 2.14 bits per heavy atom. The summed E-state index contributed by atoms with van der Waals surface area (Å²) < 4.78 is 92.0. The zero-order chi connectivity index (χ0) is 20.9. The first-order valence-electron chi connectivity index (χ1n) is 7.50. The second-order valence-electron chi connectivity index (χ2n) is 5.84. The Balaban J connectivity index is 2.28. The fourth-order valence-corrected chi connectivity index (χ4v) is 3.36. The van der Waals surface area contributed by atoms with Gasteiger partial charge < -0.3 is 0 Å². The van der Waals surface area contributed by atoms with Gasteiger partial charge in [0.05, 0.1) is 11.4 Å². The third-order valence-corrected chi connectivity index (χ3v) is 5.13.